The second kappa shape index (κ2) is 12.3. The molecule has 2 aliphatic carbocycles. The minimum atomic E-state index is 0.0166. The van der Waals surface area contributed by atoms with Gasteiger partial charge in [0, 0.05) is 6.54 Å². The lowest BCUT2D eigenvalue weighted by Crippen LogP contribution is -2.37. The Morgan fingerprint density at radius 3 is 2.41 bits per heavy atom. The lowest BCUT2D eigenvalue weighted by atomic mass is 9.76. The number of rotatable bonds is 7. The molecule has 1 amide bonds. The fraction of sp³-hybridized carbons (Fsp3) is 0.439. The fourth-order valence-electron chi connectivity index (χ4n) is 9.76. The van der Waals surface area contributed by atoms with Crippen molar-refractivity contribution >= 4 is 16.9 Å². The number of aromatic amines is 2. The molecule has 1 unspecified atom stereocenters. The second-order valence-electron chi connectivity index (χ2n) is 15.0. The molecule has 9 rings (SSSR count). The molecule has 0 radical (unpaired) electrons. The van der Waals surface area contributed by atoms with Crippen molar-refractivity contribution in [1.29, 1.82) is 0 Å². The normalized spacial score (nSPS) is 21.8. The number of aromatic nitrogens is 4. The zero-order valence-electron chi connectivity index (χ0n) is 28.8. The van der Waals surface area contributed by atoms with Crippen LogP contribution >= 0.6 is 0 Å². The van der Waals surface area contributed by atoms with Crippen LogP contribution in [0, 0.1) is 0 Å². The van der Waals surface area contributed by atoms with Gasteiger partial charge in [-0.25, -0.2) is 9.97 Å². The maximum Gasteiger partial charge on any atom is 0.237 e. The molecule has 49 heavy (non-hydrogen) atoms. The average molecular weight is 654 g/mol. The summed E-state index contributed by atoms with van der Waals surface area (Å²) in [7, 11) is 4.03. The van der Waals surface area contributed by atoms with Crippen LogP contribution in [0.1, 0.15) is 92.6 Å². The van der Waals surface area contributed by atoms with Crippen LogP contribution in [-0.2, 0) is 16.6 Å². The number of benzene rings is 3. The van der Waals surface area contributed by atoms with Crippen molar-refractivity contribution in [3.8, 4) is 33.5 Å². The SMILES string of the molecule is CNCC(=O)N1CCC[C@H]1c1ncc(-c2ccc(-c3ccc(-c4ccc5nc(C6CCCN6C)[nH]c5c4)c4c3CCC43CCCC3)cc2)[nH]1. The van der Waals surface area contributed by atoms with Gasteiger partial charge in [0.2, 0.25) is 5.91 Å². The lowest BCUT2D eigenvalue weighted by Gasteiger charge is -2.28. The molecular formula is C41H47N7O. The Hall–Kier alpha value is -4.27. The van der Waals surface area contributed by atoms with Gasteiger partial charge in [0.15, 0.2) is 0 Å². The molecule has 2 saturated heterocycles. The van der Waals surface area contributed by atoms with E-state index in [1.54, 1.807) is 11.1 Å². The summed E-state index contributed by atoms with van der Waals surface area (Å²) in [6, 6.07) is 21.1. The summed E-state index contributed by atoms with van der Waals surface area (Å²) in [5, 5.41) is 3.00. The van der Waals surface area contributed by atoms with Gasteiger partial charge in [0.25, 0.3) is 0 Å². The first-order valence-electron chi connectivity index (χ1n) is 18.5. The first-order chi connectivity index (χ1) is 24.0. The van der Waals surface area contributed by atoms with Crippen molar-refractivity contribution in [2.75, 3.05) is 33.7 Å². The number of amides is 1. The zero-order chi connectivity index (χ0) is 33.1. The van der Waals surface area contributed by atoms with E-state index in [2.05, 4.69) is 81.8 Å². The minimum Gasteiger partial charge on any atom is -0.341 e. The van der Waals surface area contributed by atoms with E-state index < -0.39 is 0 Å². The number of nitrogens with zero attached hydrogens (tertiary/aromatic N) is 4. The molecule has 0 bridgehead atoms. The standard InChI is InChI=1S/C41H47N7O/c1-42-25-37(49)48-22-6-8-36(48)39-43-24-34(46-39)27-11-9-26(10-12-27)29-14-15-30(38-31(29)17-20-41(38)18-3-4-19-41)28-13-16-32-33(23-28)45-40(44-32)35-7-5-21-47(35)2/h9-16,23-24,35-36,42H,3-8,17-22,25H2,1-2H3,(H,43,46)(H,44,45)/t35?,36-/m0/s1. The van der Waals surface area contributed by atoms with E-state index in [-0.39, 0.29) is 17.4 Å². The average Bonchev–Trinajstić information content (AvgIpc) is 3.97. The van der Waals surface area contributed by atoms with Gasteiger partial charge < -0.3 is 20.2 Å². The molecular weight excluding hydrogens is 606 g/mol. The largest absolute Gasteiger partial charge is 0.341 e. The predicted molar refractivity (Wildman–Crippen MR) is 195 cm³/mol. The Balaban J connectivity index is 1.03. The van der Waals surface area contributed by atoms with E-state index in [0.29, 0.717) is 12.6 Å². The van der Waals surface area contributed by atoms with Crippen LogP contribution in [-0.4, -0.2) is 69.4 Å². The maximum atomic E-state index is 12.7. The highest BCUT2D eigenvalue weighted by Crippen LogP contribution is 2.55. The Kier molecular flexibility index (Phi) is 7.69. The zero-order valence-corrected chi connectivity index (χ0v) is 28.8. The van der Waals surface area contributed by atoms with Gasteiger partial charge in [-0.05, 0) is 128 Å². The molecule has 3 fully saturated rings. The Labute approximate surface area is 288 Å². The smallest absolute Gasteiger partial charge is 0.237 e. The van der Waals surface area contributed by atoms with Crippen LogP contribution in [0.2, 0.25) is 0 Å². The van der Waals surface area contributed by atoms with Crippen LogP contribution in [0.5, 0.6) is 0 Å². The molecule has 8 heteroatoms. The van der Waals surface area contributed by atoms with E-state index >= 15 is 0 Å². The van der Waals surface area contributed by atoms with Gasteiger partial charge in [0.05, 0.1) is 41.6 Å². The number of likely N-dealkylation sites (N-methyl/N-ethyl adjacent to an activating group) is 1. The first-order valence-corrected chi connectivity index (χ1v) is 18.5. The fourth-order valence-corrected chi connectivity index (χ4v) is 9.76. The summed E-state index contributed by atoms with van der Waals surface area (Å²) < 4.78 is 0. The Bertz CT molecular complexity index is 2020. The molecule has 2 aliphatic heterocycles. The molecule has 1 spiro atoms. The molecule has 2 aromatic heterocycles. The van der Waals surface area contributed by atoms with Crippen molar-refractivity contribution < 1.29 is 4.79 Å². The highest BCUT2D eigenvalue weighted by Gasteiger charge is 2.43. The molecule has 5 aromatic rings. The predicted octanol–water partition coefficient (Wildman–Crippen LogP) is 7.69. The van der Waals surface area contributed by atoms with Crippen LogP contribution in [0.15, 0.2) is 60.8 Å². The highest BCUT2D eigenvalue weighted by molar-refractivity contribution is 5.86. The van der Waals surface area contributed by atoms with E-state index in [9.17, 15) is 4.79 Å². The van der Waals surface area contributed by atoms with Gasteiger partial charge in [0.1, 0.15) is 11.6 Å². The molecule has 3 N–H and O–H groups in total. The third kappa shape index (κ3) is 5.22. The van der Waals surface area contributed by atoms with Gasteiger partial charge >= 0.3 is 0 Å². The summed E-state index contributed by atoms with van der Waals surface area (Å²) >= 11 is 0. The van der Waals surface area contributed by atoms with Crippen LogP contribution in [0.25, 0.3) is 44.5 Å². The number of likely N-dealkylation sites (tertiary alicyclic amines) is 2. The molecule has 2 atom stereocenters. The Morgan fingerprint density at radius 2 is 1.61 bits per heavy atom. The van der Waals surface area contributed by atoms with Crippen molar-refractivity contribution in [3.05, 3.63) is 83.6 Å². The van der Waals surface area contributed by atoms with Gasteiger partial charge in [-0.1, -0.05) is 55.3 Å². The van der Waals surface area contributed by atoms with Gasteiger partial charge in [-0.15, -0.1) is 0 Å². The first kappa shape index (κ1) is 30.8. The number of fused-ring (bicyclic) bond motifs is 3. The number of hydrogen-bond acceptors (Lipinski definition) is 5. The third-order valence-electron chi connectivity index (χ3n) is 12.2. The molecule has 4 heterocycles. The minimum absolute atomic E-state index is 0.0166. The quantitative estimate of drug-likeness (QED) is 0.168. The molecule has 1 saturated carbocycles. The van der Waals surface area contributed by atoms with Crippen LogP contribution in [0.4, 0.5) is 0 Å². The molecule has 8 nitrogen and oxygen atoms in total. The van der Waals surface area contributed by atoms with Crippen molar-refractivity contribution in [2.45, 2.75) is 81.7 Å². The third-order valence-corrected chi connectivity index (χ3v) is 12.2. The van der Waals surface area contributed by atoms with E-state index in [1.165, 1.54) is 67.2 Å². The monoisotopic (exact) mass is 653 g/mol. The summed E-state index contributed by atoms with van der Waals surface area (Å²) in [5.41, 5.74) is 13.1. The number of carbonyl (C=O) groups excluding carboxylic acids is 1. The van der Waals surface area contributed by atoms with Crippen molar-refractivity contribution in [2.24, 2.45) is 0 Å². The summed E-state index contributed by atoms with van der Waals surface area (Å²) in [4.78, 5) is 34.1. The molecule has 3 aromatic carbocycles. The Morgan fingerprint density at radius 1 is 0.857 bits per heavy atom. The van der Waals surface area contributed by atoms with E-state index in [4.69, 9.17) is 9.97 Å². The van der Waals surface area contributed by atoms with Gasteiger partial charge in [-0.3, -0.25) is 9.69 Å². The van der Waals surface area contributed by atoms with Gasteiger partial charge in [-0.2, -0.15) is 0 Å². The number of hydrogen-bond donors (Lipinski definition) is 3. The number of imidazole rings is 2. The van der Waals surface area contributed by atoms with Crippen molar-refractivity contribution in [1.82, 2.24) is 35.1 Å². The summed E-state index contributed by atoms with van der Waals surface area (Å²) in [6.07, 6.45) is 13.9. The summed E-state index contributed by atoms with van der Waals surface area (Å²) in [6.45, 7) is 2.29. The number of H-pyrrole nitrogens is 2. The van der Waals surface area contributed by atoms with E-state index in [1.807, 2.05) is 18.1 Å². The number of carbonyl (C=O) groups is 1. The number of nitrogens with one attached hydrogen (secondary N) is 3. The van der Waals surface area contributed by atoms with Crippen molar-refractivity contribution in [3.63, 3.8) is 0 Å². The molecule has 252 valence electrons. The van der Waals surface area contributed by atoms with Crippen LogP contribution < -0.4 is 5.32 Å². The van der Waals surface area contributed by atoms with E-state index in [0.717, 1.165) is 66.3 Å². The van der Waals surface area contributed by atoms with Crippen LogP contribution in [0.3, 0.4) is 0 Å². The second-order valence-corrected chi connectivity index (χ2v) is 15.0. The lowest BCUT2D eigenvalue weighted by molar-refractivity contribution is -0.131. The summed E-state index contributed by atoms with van der Waals surface area (Å²) in [5.74, 6) is 2.12. The maximum absolute atomic E-state index is 12.7. The topological polar surface area (TPSA) is 92.9 Å². The molecule has 4 aliphatic rings. The highest BCUT2D eigenvalue weighted by atomic mass is 16.2.